The fraction of sp³-hybridized carbons (Fsp3) is 0.211. The van der Waals surface area contributed by atoms with Gasteiger partial charge in [0.15, 0.2) is 5.65 Å². The Labute approximate surface area is 150 Å². The smallest absolute Gasteiger partial charge is 0.226 e. The summed E-state index contributed by atoms with van der Waals surface area (Å²) in [6, 6.07) is 18.5. The zero-order valence-electron chi connectivity index (χ0n) is 14.0. The summed E-state index contributed by atoms with van der Waals surface area (Å²) >= 11 is 1.87. The van der Waals surface area contributed by atoms with Gasteiger partial charge in [0.2, 0.25) is 5.95 Å². The molecule has 0 radical (unpaired) electrons. The molecule has 0 aliphatic rings. The number of rotatable bonds is 6. The molecule has 4 aromatic rings. The molecule has 0 bridgehead atoms. The van der Waals surface area contributed by atoms with Gasteiger partial charge in [-0.2, -0.15) is 4.52 Å². The first-order valence-electron chi connectivity index (χ1n) is 8.35. The van der Waals surface area contributed by atoms with Gasteiger partial charge in [0.25, 0.3) is 0 Å². The van der Waals surface area contributed by atoms with Gasteiger partial charge in [0.05, 0.1) is 5.52 Å². The molecule has 0 spiro atoms. The number of benzene rings is 2. The molecular formula is C19H19N5S. The second-order valence-electron chi connectivity index (χ2n) is 5.79. The number of hydrogen-bond donors (Lipinski definition) is 1. The average Bonchev–Trinajstić information content (AvgIpc) is 3.04. The Hall–Kier alpha value is -2.60. The molecule has 0 atom stereocenters. The third kappa shape index (κ3) is 3.44. The molecule has 0 saturated carbocycles. The number of para-hydroxylation sites is 1. The van der Waals surface area contributed by atoms with Crippen LogP contribution in [0.1, 0.15) is 12.2 Å². The fourth-order valence-corrected chi connectivity index (χ4v) is 3.63. The van der Waals surface area contributed by atoms with E-state index in [2.05, 4.69) is 39.7 Å². The Morgan fingerprint density at radius 2 is 1.80 bits per heavy atom. The zero-order valence-corrected chi connectivity index (χ0v) is 14.8. The number of aryl methyl sites for hydroxylation is 1. The Bertz CT molecular complexity index is 997. The second kappa shape index (κ2) is 7.11. The van der Waals surface area contributed by atoms with Crippen LogP contribution < -0.4 is 5.32 Å². The summed E-state index contributed by atoms with van der Waals surface area (Å²) < 4.78 is 1.81. The van der Waals surface area contributed by atoms with Crippen LogP contribution in [0.25, 0.3) is 16.6 Å². The summed E-state index contributed by atoms with van der Waals surface area (Å²) in [6.45, 7) is 2.75. The molecule has 0 aliphatic heterocycles. The van der Waals surface area contributed by atoms with Crippen molar-refractivity contribution in [2.24, 2.45) is 0 Å². The van der Waals surface area contributed by atoms with Crippen molar-refractivity contribution in [1.82, 2.24) is 19.6 Å². The predicted molar refractivity (Wildman–Crippen MR) is 103 cm³/mol. The van der Waals surface area contributed by atoms with Gasteiger partial charge in [-0.1, -0.05) is 30.3 Å². The molecule has 1 N–H and O–H groups in total. The van der Waals surface area contributed by atoms with Crippen molar-refractivity contribution in [2.45, 2.75) is 18.2 Å². The molecule has 0 aliphatic carbocycles. The maximum Gasteiger partial charge on any atom is 0.226 e. The van der Waals surface area contributed by atoms with Gasteiger partial charge < -0.3 is 5.32 Å². The molecule has 4 rings (SSSR count). The first-order valence-corrected chi connectivity index (χ1v) is 9.34. The number of anilines is 1. The van der Waals surface area contributed by atoms with Crippen LogP contribution in [-0.2, 0) is 0 Å². The third-order valence-electron chi connectivity index (χ3n) is 3.90. The molecule has 2 aromatic carbocycles. The number of fused-ring (bicyclic) bond motifs is 3. The summed E-state index contributed by atoms with van der Waals surface area (Å²) in [4.78, 5) is 10.6. The predicted octanol–water partition coefficient (Wildman–Crippen LogP) is 4.18. The lowest BCUT2D eigenvalue weighted by molar-refractivity contribution is 0.883. The van der Waals surface area contributed by atoms with Gasteiger partial charge in [-0.05, 0) is 43.4 Å². The summed E-state index contributed by atoms with van der Waals surface area (Å²) in [6.07, 6.45) is 1.04. The minimum absolute atomic E-state index is 0.749. The van der Waals surface area contributed by atoms with Gasteiger partial charge in [-0.25, -0.2) is 9.97 Å². The van der Waals surface area contributed by atoms with Gasteiger partial charge in [-0.15, -0.1) is 16.9 Å². The molecule has 0 amide bonds. The van der Waals surface area contributed by atoms with E-state index in [1.807, 2.05) is 53.5 Å². The Balaban J connectivity index is 1.47. The minimum atomic E-state index is 0.749. The van der Waals surface area contributed by atoms with Crippen LogP contribution in [0.4, 0.5) is 5.95 Å². The van der Waals surface area contributed by atoms with E-state index in [-0.39, 0.29) is 0 Å². The number of aromatic nitrogens is 4. The number of hydrogen-bond acceptors (Lipinski definition) is 5. The Kier molecular flexibility index (Phi) is 4.52. The van der Waals surface area contributed by atoms with E-state index in [0.717, 1.165) is 47.0 Å². The van der Waals surface area contributed by atoms with Crippen LogP contribution in [0.2, 0.25) is 0 Å². The van der Waals surface area contributed by atoms with Crippen LogP contribution >= 0.6 is 11.8 Å². The quantitative estimate of drug-likeness (QED) is 0.418. The topological polar surface area (TPSA) is 55.1 Å². The second-order valence-corrected chi connectivity index (χ2v) is 6.96. The summed E-state index contributed by atoms with van der Waals surface area (Å²) in [7, 11) is 0. The van der Waals surface area contributed by atoms with Crippen LogP contribution in [0.5, 0.6) is 0 Å². The van der Waals surface area contributed by atoms with Crippen molar-refractivity contribution in [3.8, 4) is 0 Å². The van der Waals surface area contributed by atoms with E-state index in [0.29, 0.717) is 0 Å². The normalized spacial score (nSPS) is 11.2. The van der Waals surface area contributed by atoms with Crippen molar-refractivity contribution in [3.63, 3.8) is 0 Å². The molecule has 0 unspecified atom stereocenters. The highest BCUT2D eigenvalue weighted by molar-refractivity contribution is 7.99. The summed E-state index contributed by atoms with van der Waals surface area (Å²) in [5, 5.41) is 8.92. The van der Waals surface area contributed by atoms with Crippen LogP contribution in [0, 0.1) is 6.92 Å². The lowest BCUT2D eigenvalue weighted by Gasteiger charge is -2.09. The molecule has 0 fully saturated rings. The highest BCUT2D eigenvalue weighted by atomic mass is 32.2. The average molecular weight is 349 g/mol. The Morgan fingerprint density at radius 3 is 2.68 bits per heavy atom. The first kappa shape index (κ1) is 15.9. The van der Waals surface area contributed by atoms with E-state index in [1.54, 1.807) is 0 Å². The minimum Gasteiger partial charge on any atom is -0.354 e. The number of nitrogens with zero attached hydrogens (tertiary/aromatic N) is 4. The maximum absolute atomic E-state index is 4.72. The summed E-state index contributed by atoms with van der Waals surface area (Å²) in [5.74, 6) is 2.56. The third-order valence-corrected chi connectivity index (χ3v) is 5.00. The zero-order chi connectivity index (χ0) is 17.1. The van der Waals surface area contributed by atoms with Crippen molar-refractivity contribution in [2.75, 3.05) is 17.6 Å². The van der Waals surface area contributed by atoms with Crippen molar-refractivity contribution in [1.29, 1.82) is 0 Å². The van der Waals surface area contributed by atoms with Gasteiger partial charge >= 0.3 is 0 Å². The maximum atomic E-state index is 4.72. The van der Waals surface area contributed by atoms with Crippen LogP contribution in [0.15, 0.2) is 59.5 Å². The number of thioether (sulfide) groups is 1. The van der Waals surface area contributed by atoms with E-state index in [1.165, 1.54) is 4.90 Å². The molecular weight excluding hydrogens is 330 g/mol. The first-order chi connectivity index (χ1) is 12.3. The molecule has 6 heteroatoms. The lowest BCUT2D eigenvalue weighted by Crippen LogP contribution is -2.10. The highest BCUT2D eigenvalue weighted by Gasteiger charge is 2.11. The van der Waals surface area contributed by atoms with E-state index < -0.39 is 0 Å². The molecule has 2 aromatic heterocycles. The molecule has 126 valence electrons. The molecule has 25 heavy (non-hydrogen) atoms. The monoisotopic (exact) mass is 349 g/mol. The van der Waals surface area contributed by atoms with Crippen LogP contribution in [0.3, 0.4) is 0 Å². The van der Waals surface area contributed by atoms with Gasteiger partial charge in [0.1, 0.15) is 5.82 Å². The van der Waals surface area contributed by atoms with E-state index in [4.69, 9.17) is 4.98 Å². The number of nitrogens with one attached hydrogen (secondary N) is 1. The lowest BCUT2D eigenvalue weighted by atomic mass is 10.2. The summed E-state index contributed by atoms with van der Waals surface area (Å²) in [5.41, 5.74) is 1.79. The van der Waals surface area contributed by atoms with E-state index >= 15 is 0 Å². The highest BCUT2D eigenvalue weighted by Crippen LogP contribution is 2.21. The largest absolute Gasteiger partial charge is 0.354 e. The Morgan fingerprint density at radius 1 is 1.00 bits per heavy atom. The molecule has 0 saturated heterocycles. The van der Waals surface area contributed by atoms with E-state index in [9.17, 15) is 0 Å². The SMILES string of the molecule is Cc1nc2c3ccccc3nc(NCCCSc3ccccc3)n2n1. The van der Waals surface area contributed by atoms with Crippen LogP contribution in [-0.4, -0.2) is 31.9 Å². The molecule has 2 heterocycles. The molecule has 5 nitrogen and oxygen atoms in total. The fourth-order valence-electron chi connectivity index (χ4n) is 2.75. The standard InChI is InChI=1S/C19H19N5S/c1-14-21-18-16-10-5-6-11-17(16)22-19(24(18)23-14)20-12-7-13-25-15-8-3-2-4-9-15/h2-6,8-11H,7,12-13H2,1H3,(H,20,22). The van der Waals surface area contributed by atoms with Crippen molar-refractivity contribution >= 4 is 34.3 Å². The van der Waals surface area contributed by atoms with Gasteiger partial charge in [0, 0.05) is 16.8 Å². The van der Waals surface area contributed by atoms with Crippen molar-refractivity contribution in [3.05, 3.63) is 60.4 Å². The van der Waals surface area contributed by atoms with Crippen molar-refractivity contribution < 1.29 is 0 Å². The van der Waals surface area contributed by atoms with Gasteiger partial charge in [-0.3, -0.25) is 0 Å².